The summed E-state index contributed by atoms with van der Waals surface area (Å²) >= 11 is 0. The Morgan fingerprint density at radius 1 is 1.32 bits per heavy atom. The van der Waals surface area contributed by atoms with E-state index in [0.29, 0.717) is 13.0 Å². The molecule has 6 heteroatoms. The minimum Gasteiger partial charge on any atom is -0.481 e. The van der Waals surface area contributed by atoms with Crippen LogP contribution in [0.2, 0.25) is 0 Å². The van der Waals surface area contributed by atoms with E-state index in [2.05, 4.69) is 0 Å². The number of aryl methyl sites for hydroxylation is 1. The minimum atomic E-state index is -0.784. The fourth-order valence-corrected chi connectivity index (χ4v) is 2.05. The Kier molecular flexibility index (Phi) is 3.79. The Labute approximate surface area is 109 Å². The molecule has 0 saturated heterocycles. The van der Waals surface area contributed by atoms with E-state index in [-0.39, 0.29) is 12.1 Å². The first-order valence-corrected chi connectivity index (χ1v) is 6.03. The zero-order valence-electron chi connectivity index (χ0n) is 10.3. The summed E-state index contributed by atoms with van der Waals surface area (Å²) in [4.78, 5) is 20.7. The highest BCUT2D eigenvalue weighted by molar-refractivity contribution is 5.82. The van der Waals surface area contributed by atoms with Crippen molar-refractivity contribution in [3.05, 3.63) is 40.6 Å². The number of nitro groups is 1. The van der Waals surface area contributed by atoms with Gasteiger partial charge in [0.2, 0.25) is 0 Å². The van der Waals surface area contributed by atoms with Gasteiger partial charge in [-0.15, -0.1) is 0 Å². The van der Waals surface area contributed by atoms with Gasteiger partial charge in [-0.1, -0.05) is 0 Å². The first-order chi connectivity index (χ1) is 9.08. The van der Waals surface area contributed by atoms with Crippen LogP contribution in [0.15, 0.2) is 30.5 Å². The van der Waals surface area contributed by atoms with Gasteiger partial charge in [-0.3, -0.25) is 14.9 Å². The van der Waals surface area contributed by atoms with E-state index in [1.54, 1.807) is 12.1 Å². The molecule has 0 atom stereocenters. The molecule has 0 aliphatic rings. The number of non-ortho nitro benzene ring substituents is 1. The molecular formula is C13H14N2O4. The van der Waals surface area contributed by atoms with E-state index in [9.17, 15) is 14.9 Å². The molecule has 1 N–H and O–H groups in total. The van der Waals surface area contributed by atoms with Gasteiger partial charge in [0, 0.05) is 42.2 Å². The molecule has 0 spiro atoms. The van der Waals surface area contributed by atoms with Crippen molar-refractivity contribution in [1.29, 1.82) is 0 Å². The summed E-state index contributed by atoms with van der Waals surface area (Å²) in [6.07, 6.45) is 3.44. The van der Waals surface area contributed by atoms with E-state index in [1.165, 1.54) is 6.07 Å². The molecule has 1 heterocycles. The molecule has 0 fully saturated rings. The first-order valence-electron chi connectivity index (χ1n) is 6.03. The number of benzene rings is 1. The van der Waals surface area contributed by atoms with Crippen molar-refractivity contribution in [2.45, 2.75) is 25.8 Å². The summed E-state index contributed by atoms with van der Waals surface area (Å²) in [6.45, 7) is 0.717. The number of carbonyl (C=O) groups is 1. The lowest BCUT2D eigenvalue weighted by Crippen LogP contribution is -1.99. The highest BCUT2D eigenvalue weighted by Gasteiger charge is 2.08. The average Bonchev–Trinajstić information content (AvgIpc) is 2.76. The molecule has 0 aliphatic heterocycles. The molecule has 100 valence electrons. The zero-order valence-corrected chi connectivity index (χ0v) is 10.3. The van der Waals surface area contributed by atoms with Gasteiger partial charge >= 0.3 is 5.97 Å². The van der Waals surface area contributed by atoms with Crippen molar-refractivity contribution in [2.24, 2.45) is 0 Å². The molecule has 2 aromatic rings. The van der Waals surface area contributed by atoms with Crippen molar-refractivity contribution in [3.8, 4) is 0 Å². The highest BCUT2D eigenvalue weighted by atomic mass is 16.6. The lowest BCUT2D eigenvalue weighted by Gasteiger charge is -2.04. The summed E-state index contributed by atoms with van der Waals surface area (Å²) < 4.78 is 1.99. The second-order valence-electron chi connectivity index (χ2n) is 4.36. The first kappa shape index (κ1) is 13.1. The van der Waals surface area contributed by atoms with Crippen molar-refractivity contribution in [2.75, 3.05) is 0 Å². The fraction of sp³-hybridized carbons (Fsp3) is 0.308. The Balaban J connectivity index is 2.08. The number of hydrogen-bond donors (Lipinski definition) is 1. The van der Waals surface area contributed by atoms with E-state index in [0.717, 1.165) is 17.3 Å². The second-order valence-corrected chi connectivity index (χ2v) is 4.36. The average molecular weight is 262 g/mol. The monoisotopic (exact) mass is 262 g/mol. The van der Waals surface area contributed by atoms with Crippen LogP contribution in [0.5, 0.6) is 0 Å². The van der Waals surface area contributed by atoms with E-state index >= 15 is 0 Å². The number of aromatic nitrogens is 1. The topological polar surface area (TPSA) is 85.4 Å². The lowest BCUT2D eigenvalue weighted by atomic mass is 10.2. The molecule has 1 aromatic heterocycles. The van der Waals surface area contributed by atoms with Crippen LogP contribution in [0.1, 0.15) is 19.3 Å². The van der Waals surface area contributed by atoms with Gasteiger partial charge in [0.1, 0.15) is 0 Å². The standard InChI is InChI=1S/C13H14N2O4/c16-13(17)3-1-2-7-14-8-6-10-9-11(15(18)19)4-5-12(10)14/h4-6,8-9H,1-3,7H2,(H,16,17). The number of nitro benzene ring substituents is 1. The van der Waals surface area contributed by atoms with Crippen molar-refractivity contribution < 1.29 is 14.8 Å². The van der Waals surface area contributed by atoms with Crippen LogP contribution in [0.3, 0.4) is 0 Å². The Morgan fingerprint density at radius 2 is 2.11 bits per heavy atom. The second kappa shape index (κ2) is 5.51. The summed E-state index contributed by atoms with van der Waals surface area (Å²) in [7, 11) is 0. The predicted molar refractivity (Wildman–Crippen MR) is 70.1 cm³/mol. The number of carboxylic acid groups (broad SMARTS) is 1. The molecule has 0 amide bonds. The minimum absolute atomic E-state index is 0.0797. The number of aliphatic carboxylic acids is 1. The van der Waals surface area contributed by atoms with Gasteiger partial charge in [0.05, 0.1) is 4.92 Å². The van der Waals surface area contributed by atoms with Crippen LogP contribution in [-0.2, 0) is 11.3 Å². The number of fused-ring (bicyclic) bond motifs is 1. The number of rotatable bonds is 6. The Hall–Kier alpha value is -2.37. The van der Waals surface area contributed by atoms with Gasteiger partial charge < -0.3 is 9.67 Å². The fourth-order valence-electron chi connectivity index (χ4n) is 2.05. The van der Waals surface area contributed by atoms with Gasteiger partial charge in [0.25, 0.3) is 5.69 Å². The van der Waals surface area contributed by atoms with E-state index in [1.807, 2.05) is 16.8 Å². The summed E-state index contributed by atoms with van der Waals surface area (Å²) in [5.41, 5.74) is 1.01. The molecule has 19 heavy (non-hydrogen) atoms. The van der Waals surface area contributed by atoms with Gasteiger partial charge in [-0.2, -0.15) is 0 Å². The predicted octanol–water partition coefficient (Wildman–Crippen LogP) is 2.80. The number of nitrogens with zero attached hydrogens (tertiary/aromatic N) is 2. The molecule has 1 aromatic carbocycles. The largest absolute Gasteiger partial charge is 0.481 e. The smallest absolute Gasteiger partial charge is 0.303 e. The number of carboxylic acids is 1. The maximum atomic E-state index is 10.7. The Bertz CT molecular complexity index is 618. The van der Waals surface area contributed by atoms with E-state index in [4.69, 9.17) is 5.11 Å². The molecule has 0 saturated carbocycles. The molecule has 0 aliphatic carbocycles. The molecule has 0 radical (unpaired) electrons. The molecular weight excluding hydrogens is 248 g/mol. The van der Waals surface area contributed by atoms with Crippen molar-refractivity contribution in [3.63, 3.8) is 0 Å². The lowest BCUT2D eigenvalue weighted by molar-refractivity contribution is -0.384. The van der Waals surface area contributed by atoms with Crippen LogP contribution in [-0.4, -0.2) is 20.6 Å². The van der Waals surface area contributed by atoms with Gasteiger partial charge in [-0.25, -0.2) is 0 Å². The maximum absolute atomic E-state index is 10.7. The van der Waals surface area contributed by atoms with Crippen LogP contribution in [0, 0.1) is 10.1 Å². The van der Waals surface area contributed by atoms with Gasteiger partial charge in [-0.05, 0) is 25.0 Å². The van der Waals surface area contributed by atoms with Crippen LogP contribution >= 0.6 is 0 Å². The van der Waals surface area contributed by atoms with Crippen molar-refractivity contribution in [1.82, 2.24) is 4.57 Å². The van der Waals surface area contributed by atoms with Gasteiger partial charge in [0.15, 0.2) is 0 Å². The highest BCUT2D eigenvalue weighted by Crippen LogP contribution is 2.22. The summed E-state index contributed by atoms with van der Waals surface area (Å²) in [6, 6.07) is 6.59. The number of hydrogen-bond acceptors (Lipinski definition) is 3. The molecule has 0 unspecified atom stereocenters. The third-order valence-corrected chi connectivity index (χ3v) is 3.01. The SMILES string of the molecule is O=C(O)CCCCn1ccc2cc([N+](=O)[O-])ccc21. The third-order valence-electron chi connectivity index (χ3n) is 3.01. The molecule has 2 rings (SSSR count). The Morgan fingerprint density at radius 3 is 2.79 bits per heavy atom. The third kappa shape index (κ3) is 3.09. The van der Waals surface area contributed by atoms with Crippen LogP contribution in [0.4, 0.5) is 5.69 Å². The zero-order chi connectivity index (χ0) is 13.8. The summed E-state index contributed by atoms with van der Waals surface area (Å²) in [5, 5.41) is 20.0. The normalized spacial score (nSPS) is 10.7. The van der Waals surface area contributed by atoms with Crippen LogP contribution < -0.4 is 0 Å². The van der Waals surface area contributed by atoms with Crippen LogP contribution in [0.25, 0.3) is 10.9 Å². The quantitative estimate of drug-likeness (QED) is 0.492. The molecule has 0 bridgehead atoms. The van der Waals surface area contributed by atoms with E-state index < -0.39 is 10.9 Å². The summed E-state index contributed by atoms with van der Waals surface area (Å²) in [5.74, 6) is -0.784. The van der Waals surface area contributed by atoms with Crippen molar-refractivity contribution >= 4 is 22.6 Å². The maximum Gasteiger partial charge on any atom is 0.303 e. The number of unbranched alkanes of at least 4 members (excludes halogenated alkanes) is 1. The molecule has 6 nitrogen and oxygen atoms in total.